The fourth-order valence-electron chi connectivity index (χ4n) is 9.50. The van der Waals surface area contributed by atoms with Gasteiger partial charge < -0.3 is 5.11 Å². The molecule has 8 aromatic rings. The Hall–Kier alpha value is -5.57. The van der Waals surface area contributed by atoms with Gasteiger partial charge in [-0.1, -0.05) is 209 Å². The van der Waals surface area contributed by atoms with E-state index in [1.54, 1.807) is 0 Å². The Bertz CT molecular complexity index is 3280. The van der Waals surface area contributed by atoms with Crippen LogP contribution in [0.1, 0.15) is 164 Å². The normalized spacial score (nSPS) is 12.9. The first-order valence-corrected chi connectivity index (χ1v) is 25.6. The predicted molar refractivity (Wildman–Crippen MR) is 303 cm³/mol. The molecule has 2 aromatic heterocycles. The van der Waals surface area contributed by atoms with Crippen LogP contribution in [-0.4, -0.2) is 19.6 Å². The molecule has 0 saturated heterocycles. The van der Waals surface area contributed by atoms with Crippen molar-refractivity contribution < 1.29 is 26.2 Å². The molecule has 0 radical (unpaired) electrons. The maximum atomic E-state index is 12.6. The molecular formula is C67H78N3OPt-. The summed E-state index contributed by atoms with van der Waals surface area (Å²) in [5, 5.41) is 12.6. The van der Waals surface area contributed by atoms with Crippen molar-refractivity contribution in [3.63, 3.8) is 0 Å². The molecule has 0 amide bonds. The van der Waals surface area contributed by atoms with Gasteiger partial charge in [0.25, 0.3) is 0 Å². The number of aromatic nitrogens is 3. The monoisotopic (exact) mass is 1140 g/mol. The van der Waals surface area contributed by atoms with Crippen LogP contribution in [0.5, 0.6) is 5.75 Å². The van der Waals surface area contributed by atoms with Crippen molar-refractivity contribution in [1.29, 1.82) is 0 Å². The third-order valence-electron chi connectivity index (χ3n) is 14.3. The number of rotatable bonds is 6. The second-order valence-electron chi connectivity index (χ2n) is 26.4. The van der Waals surface area contributed by atoms with Gasteiger partial charge in [-0.2, -0.15) is 0 Å². The van der Waals surface area contributed by atoms with Crippen LogP contribution in [0.4, 0.5) is 0 Å². The molecule has 72 heavy (non-hydrogen) atoms. The van der Waals surface area contributed by atoms with Gasteiger partial charge in [0.1, 0.15) is 11.6 Å². The molecule has 0 saturated carbocycles. The molecule has 378 valence electrons. The number of hydrogen-bond acceptors (Lipinski definition) is 3. The maximum absolute atomic E-state index is 12.6. The molecule has 0 bridgehead atoms. The van der Waals surface area contributed by atoms with Gasteiger partial charge in [-0.3, -0.25) is 9.55 Å². The molecule has 5 heteroatoms. The summed E-state index contributed by atoms with van der Waals surface area (Å²) in [6, 6.07) is 46.4. The quantitative estimate of drug-likeness (QED) is 0.169. The minimum Gasteiger partial charge on any atom is -0.507 e. The Morgan fingerprint density at radius 1 is 0.458 bits per heavy atom. The summed E-state index contributed by atoms with van der Waals surface area (Å²) in [4.78, 5) is 10.6. The predicted octanol–water partition coefficient (Wildman–Crippen LogP) is 18.4. The molecule has 4 nitrogen and oxygen atoms in total. The number of pyridine rings is 1. The molecule has 0 atom stereocenters. The van der Waals surface area contributed by atoms with E-state index >= 15 is 0 Å². The average Bonchev–Trinajstić information content (AvgIpc) is 3.66. The summed E-state index contributed by atoms with van der Waals surface area (Å²) in [6.45, 7) is 42.7. The number of phenols is 1. The molecule has 6 aromatic carbocycles. The smallest absolute Gasteiger partial charge is 0.148 e. The first-order valence-electron chi connectivity index (χ1n) is 25.6. The molecule has 0 unspecified atom stereocenters. The van der Waals surface area contributed by atoms with Gasteiger partial charge in [0, 0.05) is 38.5 Å². The second kappa shape index (κ2) is 19.0. The third kappa shape index (κ3) is 11.0. The summed E-state index contributed by atoms with van der Waals surface area (Å²) < 4.78 is 2.28. The van der Waals surface area contributed by atoms with Crippen LogP contribution >= 0.6 is 0 Å². The Morgan fingerprint density at radius 3 is 1.54 bits per heavy atom. The number of imidazole rings is 1. The van der Waals surface area contributed by atoms with Crippen LogP contribution in [0.2, 0.25) is 0 Å². The largest absolute Gasteiger partial charge is 0.507 e. The first kappa shape index (κ1) is 54.2. The van der Waals surface area contributed by atoms with Gasteiger partial charge in [-0.25, -0.2) is 4.98 Å². The van der Waals surface area contributed by atoms with Crippen molar-refractivity contribution in [1.82, 2.24) is 14.5 Å². The molecule has 0 spiro atoms. The molecule has 8 rings (SSSR count). The van der Waals surface area contributed by atoms with Crippen molar-refractivity contribution >= 4 is 11.0 Å². The minimum atomic E-state index is -0.326. The maximum Gasteiger partial charge on any atom is 0.148 e. The Labute approximate surface area is 447 Å². The standard InChI is InChI=1S/C67H78N3O.Pt/c1-41-31-43(45-33-50(64(8,9)10)38-51(34-45)65(11,12)13)25-28-57(41)70-58-22-20-21-53(59(58)69-61(70)54-39-52(66(14,15)16)40-55(60(54)71)67(17,18)19)46-32-47(36-49(35-46)63(5,6)7)56-37-44(29-30-68-56)42-23-26-48(27-24-42)62(2,3)4;/h20-31,33-40,71H,1-19H3;/q-1;. The fourth-order valence-corrected chi connectivity index (χ4v) is 9.50. The van der Waals surface area contributed by atoms with E-state index in [2.05, 4.69) is 257 Å². The van der Waals surface area contributed by atoms with Gasteiger partial charge in [0.2, 0.25) is 0 Å². The van der Waals surface area contributed by atoms with Gasteiger partial charge in [-0.05, 0) is 120 Å². The molecule has 0 aliphatic rings. The number of aromatic hydroxyl groups is 1. The molecule has 0 aliphatic carbocycles. The van der Waals surface area contributed by atoms with E-state index in [4.69, 9.17) is 9.97 Å². The van der Waals surface area contributed by atoms with Crippen molar-refractivity contribution in [2.75, 3.05) is 0 Å². The molecule has 0 fully saturated rings. The summed E-state index contributed by atoms with van der Waals surface area (Å²) in [5.74, 6) is 0.954. The van der Waals surface area contributed by atoms with E-state index in [1.807, 2.05) is 6.20 Å². The van der Waals surface area contributed by atoms with Crippen LogP contribution < -0.4 is 0 Å². The summed E-state index contributed by atoms with van der Waals surface area (Å²) in [5.41, 5.74) is 19.5. The van der Waals surface area contributed by atoms with Crippen molar-refractivity contribution in [2.45, 2.75) is 164 Å². The molecule has 0 aliphatic heterocycles. The Kier molecular flexibility index (Phi) is 14.3. The number of benzene rings is 6. The van der Waals surface area contributed by atoms with Gasteiger partial charge in [-0.15, -0.1) is 29.3 Å². The summed E-state index contributed by atoms with van der Waals surface area (Å²) in [7, 11) is 0. The van der Waals surface area contributed by atoms with Crippen molar-refractivity contribution in [2.24, 2.45) is 0 Å². The van der Waals surface area contributed by atoms with Crippen molar-refractivity contribution in [3.05, 3.63) is 166 Å². The van der Waals surface area contributed by atoms with Gasteiger partial charge in [0.15, 0.2) is 0 Å². The van der Waals surface area contributed by atoms with Crippen LogP contribution in [0.15, 0.2) is 121 Å². The van der Waals surface area contributed by atoms with Gasteiger partial charge >= 0.3 is 0 Å². The minimum absolute atomic E-state index is 0. The van der Waals surface area contributed by atoms with Crippen LogP contribution in [0, 0.1) is 13.0 Å². The van der Waals surface area contributed by atoms with E-state index < -0.39 is 0 Å². The van der Waals surface area contributed by atoms with E-state index in [9.17, 15) is 5.11 Å². The second-order valence-corrected chi connectivity index (χ2v) is 26.4. The van der Waals surface area contributed by atoms with Crippen LogP contribution in [0.3, 0.4) is 0 Å². The van der Waals surface area contributed by atoms with Crippen molar-refractivity contribution in [3.8, 4) is 67.5 Å². The summed E-state index contributed by atoms with van der Waals surface area (Å²) in [6.07, 6.45) is 1.91. The van der Waals surface area contributed by atoms with E-state index in [0.717, 1.165) is 66.9 Å². The van der Waals surface area contributed by atoms with Gasteiger partial charge in [0.05, 0.1) is 22.3 Å². The SMILES string of the molecule is Cc1cc(-c2cc(C(C)(C)C)cc(C(C)(C)C)c2)ccc1-n1c(-c2cc(C(C)(C)C)cc(C(C)(C)C)c2O)nc2c(-c3[c-]c(-c4cc(-c5ccc(C(C)(C)C)cc5)ccn4)cc(C(C)(C)C)c3)cccc21.[Pt]. The number of nitrogens with zero attached hydrogens (tertiary/aromatic N) is 3. The zero-order chi connectivity index (χ0) is 52.0. The summed E-state index contributed by atoms with van der Waals surface area (Å²) >= 11 is 0. The number of aryl methyl sites for hydroxylation is 1. The van der Waals surface area contributed by atoms with E-state index in [0.29, 0.717) is 11.4 Å². The first-order chi connectivity index (χ1) is 32.8. The zero-order valence-electron chi connectivity index (χ0n) is 46.7. The van der Waals surface area contributed by atoms with Crippen LogP contribution in [0.25, 0.3) is 72.7 Å². The topological polar surface area (TPSA) is 50.9 Å². The van der Waals surface area contributed by atoms with E-state index in [-0.39, 0.29) is 59.3 Å². The number of para-hydroxylation sites is 1. The third-order valence-corrected chi connectivity index (χ3v) is 14.3. The van der Waals surface area contributed by atoms with E-state index in [1.165, 1.54) is 33.4 Å². The zero-order valence-corrected chi connectivity index (χ0v) is 48.9. The van der Waals surface area contributed by atoms with Crippen LogP contribution in [-0.2, 0) is 53.6 Å². The number of fused-ring (bicyclic) bond motifs is 1. The molecule has 1 N–H and O–H groups in total. The Morgan fingerprint density at radius 2 is 0.986 bits per heavy atom. The average molecular weight is 1140 g/mol. The number of phenolic OH excluding ortho intramolecular Hbond substituents is 1. The molecule has 2 heterocycles. The number of hydrogen-bond donors (Lipinski definition) is 1. The fraction of sp³-hybridized carbons (Fsp3) is 0.373. The molecular weight excluding hydrogens is 1060 g/mol. The Balaban J connectivity index is 0.00000760.